The fourth-order valence-corrected chi connectivity index (χ4v) is 2.13. The molecule has 86 valence electrons. The quantitative estimate of drug-likeness (QED) is 0.728. The van der Waals surface area contributed by atoms with Gasteiger partial charge in [0.25, 0.3) is 0 Å². The van der Waals surface area contributed by atoms with Gasteiger partial charge in [0.2, 0.25) is 0 Å². The predicted molar refractivity (Wildman–Crippen MR) is 67.7 cm³/mol. The first-order valence-corrected chi connectivity index (χ1v) is 5.94. The highest BCUT2D eigenvalue weighted by atomic mass is 32.1. The van der Waals surface area contributed by atoms with E-state index in [1.165, 1.54) is 5.56 Å². The van der Waals surface area contributed by atoms with Crippen LogP contribution in [0.15, 0.2) is 18.3 Å². The van der Waals surface area contributed by atoms with E-state index in [0.29, 0.717) is 0 Å². The SMILES string of the molecule is Cc1ncccc1CC(=S)N1CCOCC1. The Hall–Kier alpha value is -1.00. The summed E-state index contributed by atoms with van der Waals surface area (Å²) in [6, 6.07) is 4.05. The molecule has 0 unspecified atom stereocenters. The van der Waals surface area contributed by atoms with Gasteiger partial charge in [-0.25, -0.2) is 0 Å². The summed E-state index contributed by atoms with van der Waals surface area (Å²) >= 11 is 5.46. The van der Waals surface area contributed by atoms with E-state index in [9.17, 15) is 0 Å². The van der Waals surface area contributed by atoms with Crippen molar-refractivity contribution in [1.82, 2.24) is 9.88 Å². The van der Waals surface area contributed by atoms with E-state index in [1.807, 2.05) is 19.2 Å². The summed E-state index contributed by atoms with van der Waals surface area (Å²) in [4.78, 5) is 7.50. The van der Waals surface area contributed by atoms with Gasteiger partial charge in [-0.15, -0.1) is 0 Å². The summed E-state index contributed by atoms with van der Waals surface area (Å²) < 4.78 is 5.31. The van der Waals surface area contributed by atoms with Gasteiger partial charge in [-0.2, -0.15) is 0 Å². The van der Waals surface area contributed by atoms with Gasteiger partial charge in [-0.3, -0.25) is 4.98 Å². The van der Waals surface area contributed by atoms with Crippen LogP contribution in [-0.4, -0.2) is 41.2 Å². The van der Waals surface area contributed by atoms with Crippen molar-refractivity contribution >= 4 is 17.2 Å². The zero-order valence-electron chi connectivity index (χ0n) is 9.48. The lowest BCUT2D eigenvalue weighted by molar-refractivity contribution is 0.0684. The number of aromatic nitrogens is 1. The fourth-order valence-electron chi connectivity index (χ4n) is 1.79. The van der Waals surface area contributed by atoms with Crippen molar-refractivity contribution in [3.8, 4) is 0 Å². The van der Waals surface area contributed by atoms with E-state index in [1.54, 1.807) is 0 Å². The van der Waals surface area contributed by atoms with Crippen molar-refractivity contribution in [1.29, 1.82) is 0 Å². The Bertz CT molecular complexity index is 375. The highest BCUT2D eigenvalue weighted by Gasteiger charge is 2.14. The number of hydrogen-bond donors (Lipinski definition) is 0. The van der Waals surface area contributed by atoms with Crippen molar-refractivity contribution in [2.24, 2.45) is 0 Å². The number of aryl methyl sites for hydroxylation is 1. The van der Waals surface area contributed by atoms with Crippen LogP contribution in [0.5, 0.6) is 0 Å². The molecule has 1 aromatic heterocycles. The van der Waals surface area contributed by atoms with E-state index in [2.05, 4.69) is 16.0 Å². The van der Waals surface area contributed by atoms with Crippen LogP contribution in [0.25, 0.3) is 0 Å². The largest absolute Gasteiger partial charge is 0.378 e. The average Bonchev–Trinajstić information content (AvgIpc) is 2.33. The molecule has 0 aromatic carbocycles. The van der Waals surface area contributed by atoms with Crippen LogP contribution in [-0.2, 0) is 11.2 Å². The maximum Gasteiger partial charge on any atom is 0.0825 e. The average molecular weight is 236 g/mol. The van der Waals surface area contributed by atoms with Gasteiger partial charge in [0.1, 0.15) is 0 Å². The second-order valence-electron chi connectivity index (χ2n) is 3.92. The molecule has 0 saturated carbocycles. The van der Waals surface area contributed by atoms with Crippen molar-refractivity contribution in [3.05, 3.63) is 29.6 Å². The summed E-state index contributed by atoms with van der Waals surface area (Å²) in [6.07, 6.45) is 2.63. The molecular formula is C12H16N2OS. The summed E-state index contributed by atoms with van der Waals surface area (Å²) in [7, 11) is 0. The van der Waals surface area contributed by atoms with E-state index in [0.717, 1.165) is 43.4 Å². The molecule has 1 aliphatic rings. The number of pyridine rings is 1. The van der Waals surface area contributed by atoms with Crippen LogP contribution in [0.2, 0.25) is 0 Å². The van der Waals surface area contributed by atoms with Crippen LogP contribution in [0, 0.1) is 6.92 Å². The van der Waals surface area contributed by atoms with Crippen LogP contribution >= 0.6 is 12.2 Å². The predicted octanol–water partition coefficient (Wildman–Crippen LogP) is 1.59. The standard InChI is InChI=1S/C12H16N2OS/c1-10-11(3-2-4-13-10)9-12(16)14-5-7-15-8-6-14/h2-4H,5-9H2,1H3. The minimum Gasteiger partial charge on any atom is -0.378 e. The Kier molecular flexibility index (Phi) is 3.85. The molecule has 0 aliphatic carbocycles. The molecule has 1 fully saturated rings. The normalized spacial score (nSPS) is 16.2. The minimum absolute atomic E-state index is 0.784. The highest BCUT2D eigenvalue weighted by molar-refractivity contribution is 7.80. The molecule has 0 bridgehead atoms. The fraction of sp³-hybridized carbons (Fsp3) is 0.500. The zero-order valence-corrected chi connectivity index (χ0v) is 10.3. The number of rotatable bonds is 2. The molecule has 0 spiro atoms. The number of hydrogen-bond acceptors (Lipinski definition) is 3. The molecule has 4 heteroatoms. The van der Waals surface area contributed by atoms with Gasteiger partial charge >= 0.3 is 0 Å². The third-order valence-corrected chi connectivity index (χ3v) is 3.22. The van der Waals surface area contributed by atoms with Crippen molar-refractivity contribution in [3.63, 3.8) is 0 Å². The van der Waals surface area contributed by atoms with E-state index >= 15 is 0 Å². The smallest absolute Gasteiger partial charge is 0.0825 e. The van der Waals surface area contributed by atoms with Crippen LogP contribution < -0.4 is 0 Å². The summed E-state index contributed by atoms with van der Waals surface area (Å²) in [6.45, 7) is 5.42. The molecule has 3 nitrogen and oxygen atoms in total. The molecule has 1 aromatic rings. The first-order chi connectivity index (χ1) is 7.77. The third-order valence-electron chi connectivity index (χ3n) is 2.82. The first-order valence-electron chi connectivity index (χ1n) is 5.53. The lowest BCUT2D eigenvalue weighted by Gasteiger charge is -2.29. The van der Waals surface area contributed by atoms with Crippen LogP contribution in [0.3, 0.4) is 0 Å². The third kappa shape index (κ3) is 2.77. The number of ether oxygens (including phenoxy) is 1. The molecule has 2 heterocycles. The molecule has 0 atom stereocenters. The number of morpholine rings is 1. The topological polar surface area (TPSA) is 25.4 Å². The van der Waals surface area contributed by atoms with Gasteiger partial charge < -0.3 is 9.64 Å². The van der Waals surface area contributed by atoms with E-state index in [-0.39, 0.29) is 0 Å². The Balaban J connectivity index is 1.99. The van der Waals surface area contributed by atoms with Gasteiger partial charge in [-0.1, -0.05) is 18.3 Å². The molecular weight excluding hydrogens is 220 g/mol. The first kappa shape index (κ1) is 11.5. The second kappa shape index (κ2) is 5.37. The lowest BCUT2D eigenvalue weighted by Crippen LogP contribution is -2.40. The van der Waals surface area contributed by atoms with Gasteiger partial charge in [0.05, 0.1) is 18.2 Å². The molecule has 1 saturated heterocycles. The molecule has 0 N–H and O–H groups in total. The molecule has 0 radical (unpaired) electrons. The minimum atomic E-state index is 0.784. The van der Waals surface area contributed by atoms with Crippen molar-refractivity contribution < 1.29 is 4.74 Å². The number of thiocarbonyl (C=S) groups is 1. The summed E-state index contributed by atoms with van der Waals surface area (Å²) in [5.74, 6) is 0. The molecule has 0 amide bonds. The van der Waals surface area contributed by atoms with Gasteiger partial charge in [0.15, 0.2) is 0 Å². The maximum absolute atomic E-state index is 5.46. The Morgan fingerprint density at radius 2 is 2.25 bits per heavy atom. The van der Waals surface area contributed by atoms with Crippen molar-refractivity contribution in [2.75, 3.05) is 26.3 Å². The highest BCUT2D eigenvalue weighted by Crippen LogP contribution is 2.09. The van der Waals surface area contributed by atoms with Gasteiger partial charge in [0, 0.05) is 31.4 Å². The van der Waals surface area contributed by atoms with Crippen molar-refractivity contribution in [2.45, 2.75) is 13.3 Å². The van der Waals surface area contributed by atoms with Crippen LogP contribution in [0.4, 0.5) is 0 Å². The van der Waals surface area contributed by atoms with Crippen LogP contribution in [0.1, 0.15) is 11.3 Å². The van der Waals surface area contributed by atoms with E-state index in [4.69, 9.17) is 17.0 Å². The molecule has 1 aliphatic heterocycles. The Labute approximate surface area is 101 Å². The molecule has 2 rings (SSSR count). The zero-order chi connectivity index (χ0) is 11.4. The van der Waals surface area contributed by atoms with E-state index < -0.39 is 0 Å². The maximum atomic E-state index is 5.46. The Morgan fingerprint density at radius 1 is 1.50 bits per heavy atom. The lowest BCUT2D eigenvalue weighted by atomic mass is 10.1. The second-order valence-corrected chi connectivity index (χ2v) is 4.39. The number of nitrogens with zero attached hydrogens (tertiary/aromatic N) is 2. The Morgan fingerprint density at radius 3 is 2.94 bits per heavy atom. The van der Waals surface area contributed by atoms with Gasteiger partial charge in [-0.05, 0) is 18.6 Å². The monoisotopic (exact) mass is 236 g/mol. The molecule has 16 heavy (non-hydrogen) atoms. The summed E-state index contributed by atoms with van der Waals surface area (Å²) in [5.41, 5.74) is 2.29. The summed E-state index contributed by atoms with van der Waals surface area (Å²) in [5, 5.41) is 0.